The van der Waals surface area contributed by atoms with Crippen LogP contribution < -0.4 is 0 Å². The summed E-state index contributed by atoms with van der Waals surface area (Å²) >= 11 is 0. The van der Waals surface area contributed by atoms with Gasteiger partial charge in [0.15, 0.2) is 11.6 Å². The molecule has 90 valence electrons. The number of aliphatic hydroxyl groups is 1. The Morgan fingerprint density at radius 1 is 1.31 bits per heavy atom. The molecule has 0 unspecified atom stereocenters. The van der Waals surface area contributed by atoms with Crippen LogP contribution in [0.2, 0.25) is 0 Å². The lowest BCUT2D eigenvalue weighted by molar-refractivity contribution is 0.0421. The molecular weight excluding hydrogens is 212 g/mol. The predicted molar refractivity (Wildman–Crippen MR) is 59.0 cm³/mol. The van der Waals surface area contributed by atoms with Gasteiger partial charge in [-0.15, -0.1) is 0 Å². The van der Waals surface area contributed by atoms with Gasteiger partial charge in [0.2, 0.25) is 0 Å². The van der Waals surface area contributed by atoms with Gasteiger partial charge in [0.25, 0.3) is 0 Å². The third kappa shape index (κ3) is 3.87. The lowest BCUT2D eigenvalue weighted by Crippen LogP contribution is -2.36. The largest absolute Gasteiger partial charge is 0.389 e. The Hall–Kier alpha value is -1.00. The smallest absolute Gasteiger partial charge is 0.163 e. The van der Waals surface area contributed by atoms with Crippen LogP contribution >= 0.6 is 0 Å². The average molecular weight is 229 g/mol. The highest BCUT2D eigenvalue weighted by molar-refractivity contribution is 5.18. The molecule has 0 amide bonds. The van der Waals surface area contributed by atoms with E-state index in [-0.39, 0.29) is 6.54 Å². The molecule has 2 nitrogen and oxygen atoms in total. The zero-order valence-electron chi connectivity index (χ0n) is 9.80. The summed E-state index contributed by atoms with van der Waals surface area (Å²) in [6.07, 6.45) is 0. The van der Waals surface area contributed by atoms with Crippen molar-refractivity contribution >= 4 is 0 Å². The van der Waals surface area contributed by atoms with Crippen molar-refractivity contribution < 1.29 is 13.9 Å². The molecule has 0 fully saturated rings. The van der Waals surface area contributed by atoms with E-state index in [0.29, 0.717) is 12.1 Å². The van der Waals surface area contributed by atoms with Gasteiger partial charge in [-0.1, -0.05) is 12.1 Å². The van der Waals surface area contributed by atoms with Gasteiger partial charge < -0.3 is 5.11 Å². The number of likely N-dealkylation sites (N-methyl/N-ethyl adjacent to an activating group) is 1. The van der Waals surface area contributed by atoms with E-state index in [1.165, 1.54) is 6.07 Å². The van der Waals surface area contributed by atoms with Gasteiger partial charge in [-0.2, -0.15) is 0 Å². The van der Waals surface area contributed by atoms with Crippen LogP contribution in [0.3, 0.4) is 0 Å². The third-order valence-corrected chi connectivity index (χ3v) is 2.13. The second kappa shape index (κ2) is 4.89. The van der Waals surface area contributed by atoms with E-state index >= 15 is 0 Å². The summed E-state index contributed by atoms with van der Waals surface area (Å²) in [6, 6.07) is 4.11. The molecule has 4 heteroatoms. The topological polar surface area (TPSA) is 23.5 Å². The number of nitrogens with zero attached hydrogens (tertiary/aromatic N) is 1. The van der Waals surface area contributed by atoms with Crippen molar-refractivity contribution in [3.8, 4) is 0 Å². The molecule has 0 aromatic heterocycles. The van der Waals surface area contributed by atoms with Gasteiger partial charge in [-0.3, -0.25) is 4.90 Å². The number of rotatable bonds is 4. The van der Waals surface area contributed by atoms with Crippen LogP contribution in [0.5, 0.6) is 0 Å². The minimum absolute atomic E-state index is 0.271. The molecule has 1 aromatic carbocycles. The van der Waals surface area contributed by atoms with E-state index in [1.54, 1.807) is 31.9 Å². The third-order valence-electron chi connectivity index (χ3n) is 2.13. The molecule has 1 aromatic rings. The normalized spacial score (nSPS) is 12.2. The maximum absolute atomic E-state index is 13.3. The van der Waals surface area contributed by atoms with Crippen molar-refractivity contribution in [2.75, 3.05) is 13.6 Å². The summed E-state index contributed by atoms with van der Waals surface area (Å²) in [5.41, 5.74) is -0.551. The van der Waals surface area contributed by atoms with E-state index < -0.39 is 17.2 Å². The average Bonchev–Trinajstić information content (AvgIpc) is 2.09. The predicted octanol–water partition coefficient (Wildman–Crippen LogP) is 2.17. The monoisotopic (exact) mass is 229 g/mol. The molecule has 0 aliphatic heterocycles. The summed E-state index contributed by atoms with van der Waals surface area (Å²) in [5.74, 6) is -1.65. The minimum atomic E-state index is -0.849. The van der Waals surface area contributed by atoms with Crippen LogP contribution in [0.1, 0.15) is 19.4 Å². The summed E-state index contributed by atoms with van der Waals surface area (Å²) in [6.45, 7) is 4.01. The fourth-order valence-electron chi connectivity index (χ4n) is 1.68. The summed E-state index contributed by atoms with van der Waals surface area (Å²) in [5, 5.41) is 9.58. The maximum Gasteiger partial charge on any atom is 0.163 e. The number of hydrogen-bond acceptors (Lipinski definition) is 2. The van der Waals surface area contributed by atoms with Crippen LogP contribution in [0.25, 0.3) is 0 Å². The van der Waals surface area contributed by atoms with Crippen molar-refractivity contribution in [3.63, 3.8) is 0 Å². The number of benzene rings is 1. The van der Waals surface area contributed by atoms with E-state index in [0.717, 1.165) is 6.07 Å². The van der Waals surface area contributed by atoms with Gasteiger partial charge in [-0.25, -0.2) is 8.78 Å². The first-order valence-corrected chi connectivity index (χ1v) is 5.13. The Morgan fingerprint density at radius 2 is 1.94 bits per heavy atom. The van der Waals surface area contributed by atoms with Crippen LogP contribution in [0.4, 0.5) is 8.78 Å². The first-order valence-electron chi connectivity index (χ1n) is 5.13. The zero-order chi connectivity index (χ0) is 12.3. The maximum atomic E-state index is 13.3. The molecule has 16 heavy (non-hydrogen) atoms. The molecule has 0 bridgehead atoms. The van der Waals surface area contributed by atoms with Crippen LogP contribution in [0, 0.1) is 11.6 Å². The van der Waals surface area contributed by atoms with Gasteiger partial charge >= 0.3 is 0 Å². The molecule has 0 radical (unpaired) electrons. The standard InChI is InChI=1S/C12H17F2NO/c1-12(2,16)8-15(3)7-9-5-4-6-10(13)11(9)14/h4-6,16H,7-8H2,1-3H3. The lowest BCUT2D eigenvalue weighted by Gasteiger charge is -2.25. The Kier molecular flexibility index (Phi) is 3.99. The van der Waals surface area contributed by atoms with Crippen molar-refractivity contribution in [2.24, 2.45) is 0 Å². The Labute approximate surface area is 94.5 Å². The summed E-state index contributed by atoms with van der Waals surface area (Å²) in [7, 11) is 1.75. The zero-order valence-corrected chi connectivity index (χ0v) is 9.80. The number of hydrogen-bond donors (Lipinski definition) is 1. The molecule has 0 aliphatic carbocycles. The highest BCUT2D eigenvalue weighted by Crippen LogP contribution is 2.14. The molecule has 0 aliphatic rings. The fraction of sp³-hybridized carbons (Fsp3) is 0.500. The van der Waals surface area contributed by atoms with Crippen LogP contribution in [-0.2, 0) is 6.54 Å². The van der Waals surface area contributed by atoms with E-state index in [9.17, 15) is 13.9 Å². The minimum Gasteiger partial charge on any atom is -0.389 e. The van der Waals surface area contributed by atoms with E-state index in [1.807, 2.05) is 0 Å². The van der Waals surface area contributed by atoms with Crippen LogP contribution in [-0.4, -0.2) is 29.2 Å². The Balaban J connectivity index is 2.70. The molecule has 1 rings (SSSR count). The molecule has 0 saturated carbocycles. The highest BCUT2D eigenvalue weighted by Gasteiger charge is 2.17. The number of halogens is 2. The van der Waals surface area contributed by atoms with Gasteiger partial charge in [0.1, 0.15) is 0 Å². The quantitative estimate of drug-likeness (QED) is 0.855. The van der Waals surface area contributed by atoms with E-state index in [4.69, 9.17) is 0 Å². The van der Waals surface area contributed by atoms with Crippen molar-refractivity contribution in [2.45, 2.75) is 26.0 Å². The van der Waals surface area contributed by atoms with Crippen molar-refractivity contribution in [1.82, 2.24) is 4.90 Å². The second-order valence-corrected chi connectivity index (χ2v) is 4.70. The molecule has 0 atom stereocenters. The summed E-state index contributed by atoms with van der Waals surface area (Å²) < 4.78 is 26.3. The fourth-order valence-corrected chi connectivity index (χ4v) is 1.68. The lowest BCUT2D eigenvalue weighted by atomic mass is 10.1. The second-order valence-electron chi connectivity index (χ2n) is 4.70. The highest BCUT2D eigenvalue weighted by atomic mass is 19.2. The van der Waals surface area contributed by atoms with Crippen molar-refractivity contribution in [3.05, 3.63) is 35.4 Å². The van der Waals surface area contributed by atoms with E-state index in [2.05, 4.69) is 0 Å². The van der Waals surface area contributed by atoms with Crippen LogP contribution in [0.15, 0.2) is 18.2 Å². The SMILES string of the molecule is CN(Cc1cccc(F)c1F)CC(C)(C)O. The molecule has 1 N–H and O–H groups in total. The van der Waals surface area contributed by atoms with Crippen molar-refractivity contribution in [1.29, 1.82) is 0 Å². The molecule has 0 heterocycles. The first-order chi connectivity index (χ1) is 7.29. The Bertz CT molecular complexity index is 361. The van der Waals surface area contributed by atoms with Gasteiger partial charge in [-0.05, 0) is 27.0 Å². The molecule has 0 spiro atoms. The molecular formula is C12H17F2NO. The molecule has 0 saturated heterocycles. The Morgan fingerprint density at radius 3 is 2.50 bits per heavy atom. The summed E-state index contributed by atoms with van der Waals surface area (Å²) in [4.78, 5) is 1.75. The van der Waals surface area contributed by atoms with Gasteiger partial charge in [0, 0.05) is 18.7 Å². The van der Waals surface area contributed by atoms with Gasteiger partial charge in [0.05, 0.1) is 5.60 Å². The first kappa shape index (κ1) is 13.1.